The molecule has 0 radical (unpaired) electrons. The maximum Gasteiger partial charge on any atom is 0.0538 e. The summed E-state index contributed by atoms with van der Waals surface area (Å²) in [4.78, 5) is 2.92. The molecule has 84 valence electrons. The van der Waals surface area contributed by atoms with Crippen molar-refractivity contribution in [3.05, 3.63) is 21.9 Å². The molecule has 0 bridgehead atoms. The summed E-state index contributed by atoms with van der Waals surface area (Å²) in [6, 6.07) is 4.48. The third-order valence-corrected chi connectivity index (χ3v) is 4.88. The molecular formula is C12H17ClOS. The summed E-state index contributed by atoms with van der Waals surface area (Å²) in [6.07, 6.45) is 3.33. The van der Waals surface area contributed by atoms with Crippen molar-refractivity contribution < 1.29 is 4.74 Å². The first-order chi connectivity index (χ1) is 7.28. The van der Waals surface area contributed by atoms with Crippen LogP contribution in [0.4, 0.5) is 0 Å². The third-order valence-electron chi connectivity index (χ3n) is 3.08. The van der Waals surface area contributed by atoms with Crippen molar-refractivity contribution in [2.45, 2.75) is 26.2 Å². The summed E-state index contributed by atoms with van der Waals surface area (Å²) < 4.78 is 5.48. The van der Waals surface area contributed by atoms with Crippen LogP contribution in [-0.4, -0.2) is 19.1 Å². The molecule has 1 saturated heterocycles. The topological polar surface area (TPSA) is 9.23 Å². The average Bonchev–Trinajstić information content (AvgIpc) is 2.88. The highest BCUT2D eigenvalue weighted by Gasteiger charge is 2.34. The number of hydrogen-bond acceptors (Lipinski definition) is 2. The Morgan fingerprint density at radius 3 is 2.80 bits per heavy atom. The molecule has 1 aromatic rings. The highest BCUT2D eigenvalue weighted by molar-refractivity contribution is 7.11. The Bertz CT molecular complexity index is 315. The third kappa shape index (κ3) is 2.55. The van der Waals surface area contributed by atoms with Gasteiger partial charge in [0.2, 0.25) is 0 Å². The summed E-state index contributed by atoms with van der Waals surface area (Å²) in [5.74, 6) is 0.715. The van der Waals surface area contributed by atoms with E-state index in [0.717, 1.165) is 32.5 Å². The van der Waals surface area contributed by atoms with Crippen LogP contribution in [0.1, 0.15) is 23.1 Å². The number of alkyl halides is 1. The van der Waals surface area contributed by atoms with Gasteiger partial charge in [-0.05, 0) is 31.4 Å². The molecule has 1 nitrogen and oxygen atoms in total. The van der Waals surface area contributed by atoms with E-state index < -0.39 is 0 Å². The van der Waals surface area contributed by atoms with Gasteiger partial charge in [0.25, 0.3) is 0 Å². The van der Waals surface area contributed by atoms with Gasteiger partial charge in [-0.25, -0.2) is 0 Å². The zero-order chi connectivity index (χ0) is 10.7. The predicted octanol–water partition coefficient (Wildman–Crippen LogP) is 3.50. The molecule has 0 aliphatic carbocycles. The number of thiophene rings is 1. The first-order valence-electron chi connectivity index (χ1n) is 5.49. The van der Waals surface area contributed by atoms with E-state index in [1.54, 1.807) is 0 Å². The van der Waals surface area contributed by atoms with Gasteiger partial charge in [-0.2, -0.15) is 0 Å². The van der Waals surface area contributed by atoms with Crippen LogP contribution in [0.25, 0.3) is 0 Å². The Labute approximate surface area is 100 Å². The Morgan fingerprint density at radius 2 is 2.27 bits per heavy atom. The second-order valence-corrected chi connectivity index (χ2v) is 5.85. The highest BCUT2D eigenvalue weighted by Crippen LogP contribution is 2.35. The molecule has 0 amide bonds. The lowest BCUT2D eigenvalue weighted by Crippen LogP contribution is -2.25. The molecule has 1 fully saturated rings. The van der Waals surface area contributed by atoms with Crippen molar-refractivity contribution >= 4 is 22.9 Å². The Kier molecular flexibility index (Phi) is 3.70. The zero-order valence-electron chi connectivity index (χ0n) is 9.09. The Morgan fingerprint density at radius 1 is 1.47 bits per heavy atom. The smallest absolute Gasteiger partial charge is 0.0538 e. The van der Waals surface area contributed by atoms with E-state index in [1.165, 1.54) is 9.75 Å². The Hall–Kier alpha value is -0.0500. The van der Waals surface area contributed by atoms with Crippen molar-refractivity contribution in [1.82, 2.24) is 0 Å². The van der Waals surface area contributed by atoms with Crippen LogP contribution < -0.4 is 0 Å². The van der Waals surface area contributed by atoms with Crippen molar-refractivity contribution in [2.24, 2.45) is 5.41 Å². The summed E-state index contributed by atoms with van der Waals surface area (Å²) >= 11 is 8.00. The SMILES string of the molecule is CCc1ccc(CC2(CCl)CCOC2)s1. The van der Waals surface area contributed by atoms with Crippen LogP contribution in [0, 0.1) is 5.41 Å². The van der Waals surface area contributed by atoms with Gasteiger partial charge in [0.05, 0.1) is 6.61 Å². The molecule has 1 aliphatic heterocycles. The highest BCUT2D eigenvalue weighted by atomic mass is 35.5. The summed E-state index contributed by atoms with van der Waals surface area (Å²) in [5, 5.41) is 0. The molecule has 0 saturated carbocycles. The van der Waals surface area contributed by atoms with Crippen molar-refractivity contribution in [2.75, 3.05) is 19.1 Å². The van der Waals surface area contributed by atoms with E-state index in [-0.39, 0.29) is 5.41 Å². The number of ether oxygens (including phenoxy) is 1. The molecule has 2 rings (SSSR count). The Balaban J connectivity index is 2.05. The standard InChI is InChI=1S/C12H17ClOS/c1-2-10-3-4-11(15-10)7-12(8-13)5-6-14-9-12/h3-4H,2,5-9H2,1H3. The second kappa shape index (κ2) is 4.86. The lowest BCUT2D eigenvalue weighted by atomic mass is 9.85. The molecule has 2 heterocycles. The number of aryl methyl sites for hydroxylation is 1. The lowest BCUT2D eigenvalue weighted by Gasteiger charge is -2.23. The summed E-state index contributed by atoms with van der Waals surface area (Å²) in [5.41, 5.74) is 0.206. The van der Waals surface area contributed by atoms with E-state index >= 15 is 0 Å². The fraction of sp³-hybridized carbons (Fsp3) is 0.667. The zero-order valence-corrected chi connectivity index (χ0v) is 10.7. The molecule has 1 unspecified atom stereocenters. The van der Waals surface area contributed by atoms with E-state index in [1.807, 2.05) is 11.3 Å². The van der Waals surface area contributed by atoms with Crippen LogP contribution in [0.5, 0.6) is 0 Å². The maximum absolute atomic E-state index is 6.08. The molecule has 0 N–H and O–H groups in total. The summed E-state index contributed by atoms with van der Waals surface area (Å²) in [7, 11) is 0. The van der Waals surface area contributed by atoms with Crippen LogP contribution >= 0.6 is 22.9 Å². The normalized spacial score (nSPS) is 26.0. The van der Waals surface area contributed by atoms with E-state index in [9.17, 15) is 0 Å². The van der Waals surface area contributed by atoms with Crippen LogP contribution in [-0.2, 0) is 17.6 Å². The van der Waals surface area contributed by atoms with Gasteiger partial charge in [-0.15, -0.1) is 22.9 Å². The van der Waals surface area contributed by atoms with Gasteiger partial charge >= 0.3 is 0 Å². The number of halogens is 1. The minimum atomic E-state index is 0.206. The quantitative estimate of drug-likeness (QED) is 0.737. The van der Waals surface area contributed by atoms with Gasteiger partial charge in [-0.1, -0.05) is 6.92 Å². The molecule has 15 heavy (non-hydrogen) atoms. The van der Waals surface area contributed by atoms with Gasteiger partial charge < -0.3 is 4.74 Å². The van der Waals surface area contributed by atoms with Gasteiger partial charge in [0.1, 0.15) is 0 Å². The second-order valence-electron chi connectivity index (χ2n) is 4.33. The molecule has 1 atom stereocenters. The van der Waals surface area contributed by atoms with Crippen LogP contribution in [0.2, 0.25) is 0 Å². The van der Waals surface area contributed by atoms with Crippen molar-refractivity contribution in [1.29, 1.82) is 0 Å². The largest absolute Gasteiger partial charge is 0.381 e. The first kappa shape index (κ1) is 11.4. The molecule has 1 aliphatic rings. The van der Waals surface area contributed by atoms with Gasteiger partial charge in [0, 0.05) is 27.7 Å². The summed E-state index contributed by atoms with van der Waals surface area (Å²) in [6.45, 7) is 3.90. The minimum absolute atomic E-state index is 0.206. The van der Waals surface area contributed by atoms with Crippen molar-refractivity contribution in [3.63, 3.8) is 0 Å². The maximum atomic E-state index is 6.08. The monoisotopic (exact) mass is 244 g/mol. The number of rotatable bonds is 4. The van der Waals surface area contributed by atoms with E-state index in [2.05, 4.69) is 19.1 Å². The fourth-order valence-corrected chi connectivity index (χ4v) is 3.46. The lowest BCUT2D eigenvalue weighted by molar-refractivity contribution is 0.161. The predicted molar refractivity (Wildman–Crippen MR) is 66.0 cm³/mol. The fourth-order valence-electron chi connectivity index (χ4n) is 2.02. The molecule has 0 aromatic carbocycles. The van der Waals surface area contributed by atoms with Gasteiger partial charge in [-0.3, -0.25) is 0 Å². The van der Waals surface area contributed by atoms with Crippen LogP contribution in [0.3, 0.4) is 0 Å². The van der Waals surface area contributed by atoms with Gasteiger partial charge in [0.15, 0.2) is 0 Å². The molecule has 0 spiro atoms. The minimum Gasteiger partial charge on any atom is -0.381 e. The molecular weight excluding hydrogens is 228 g/mol. The average molecular weight is 245 g/mol. The van der Waals surface area contributed by atoms with E-state index in [4.69, 9.17) is 16.3 Å². The number of hydrogen-bond donors (Lipinski definition) is 0. The van der Waals surface area contributed by atoms with E-state index in [0.29, 0.717) is 5.88 Å². The molecule has 1 aromatic heterocycles. The molecule has 3 heteroatoms. The van der Waals surface area contributed by atoms with Crippen molar-refractivity contribution in [3.8, 4) is 0 Å². The van der Waals surface area contributed by atoms with Crippen LogP contribution in [0.15, 0.2) is 12.1 Å². The first-order valence-corrected chi connectivity index (χ1v) is 6.84.